The molecular weight excluding hydrogens is 170 g/mol. The predicted molar refractivity (Wildman–Crippen MR) is 48.4 cm³/mol. The van der Waals surface area contributed by atoms with Crippen LogP contribution in [0.25, 0.3) is 0 Å². The maximum atomic E-state index is 10.8. The van der Waals surface area contributed by atoms with Crippen molar-refractivity contribution in [3.63, 3.8) is 0 Å². The zero-order chi connectivity index (χ0) is 9.68. The number of hydrogen-bond donors (Lipinski definition) is 1. The summed E-state index contributed by atoms with van der Waals surface area (Å²) in [5.41, 5.74) is 0.408. The van der Waals surface area contributed by atoms with Crippen LogP contribution in [0.15, 0.2) is 11.8 Å². The quantitative estimate of drug-likeness (QED) is 0.657. The number of morpholine rings is 1. The molecule has 1 aliphatic heterocycles. The average molecular weight is 185 g/mol. The number of carbonyl (C=O) groups is 1. The first-order valence-corrected chi connectivity index (χ1v) is 4.52. The van der Waals surface area contributed by atoms with Crippen molar-refractivity contribution >= 4 is 5.97 Å². The van der Waals surface area contributed by atoms with E-state index in [0.29, 0.717) is 32.0 Å². The average Bonchev–Trinajstić information content (AvgIpc) is 2.15. The van der Waals surface area contributed by atoms with Crippen LogP contribution in [-0.2, 0) is 9.53 Å². The molecule has 1 heterocycles. The van der Waals surface area contributed by atoms with Gasteiger partial charge in [0, 0.05) is 13.1 Å². The first-order valence-electron chi connectivity index (χ1n) is 4.52. The molecule has 0 aromatic rings. The van der Waals surface area contributed by atoms with E-state index in [9.17, 15) is 4.79 Å². The highest BCUT2D eigenvalue weighted by atomic mass is 16.5. The summed E-state index contributed by atoms with van der Waals surface area (Å²) >= 11 is 0. The van der Waals surface area contributed by atoms with Gasteiger partial charge in [-0.1, -0.05) is 13.0 Å². The number of carboxylic acid groups (broad SMARTS) is 1. The molecule has 0 bridgehead atoms. The molecule has 4 heteroatoms. The maximum absolute atomic E-state index is 10.8. The zero-order valence-electron chi connectivity index (χ0n) is 7.82. The van der Waals surface area contributed by atoms with E-state index in [0.717, 1.165) is 6.42 Å². The van der Waals surface area contributed by atoms with E-state index in [1.807, 2.05) is 11.8 Å². The highest BCUT2D eigenvalue weighted by molar-refractivity contribution is 5.85. The minimum absolute atomic E-state index is 0.408. The van der Waals surface area contributed by atoms with Crippen LogP contribution in [0.1, 0.15) is 13.3 Å². The Morgan fingerprint density at radius 2 is 2.15 bits per heavy atom. The van der Waals surface area contributed by atoms with E-state index < -0.39 is 5.97 Å². The molecule has 1 rings (SSSR count). The molecule has 0 aromatic carbocycles. The van der Waals surface area contributed by atoms with Crippen LogP contribution in [0.4, 0.5) is 0 Å². The Labute approximate surface area is 77.8 Å². The van der Waals surface area contributed by atoms with Gasteiger partial charge in [0.2, 0.25) is 0 Å². The fraction of sp³-hybridized carbons (Fsp3) is 0.667. The molecule has 0 unspecified atom stereocenters. The molecule has 0 aromatic heterocycles. The monoisotopic (exact) mass is 185 g/mol. The van der Waals surface area contributed by atoms with Crippen molar-refractivity contribution in [1.29, 1.82) is 0 Å². The van der Waals surface area contributed by atoms with E-state index in [-0.39, 0.29) is 0 Å². The number of nitrogens with zero attached hydrogens (tertiary/aromatic N) is 1. The molecule has 13 heavy (non-hydrogen) atoms. The van der Waals surface area contributed by atoms with Gasteiger partial charge in [-0.3, -0.25) is 0 Å². The summed E-state index contributed by atoms with van der Waals surface area (Å²) in [6, 6.07) is 0. The Kier molecular flexibility index (Phi) is 3.76. The fourth-order valence-electron chi connectivity index (χ4n) is 1.35. The van der Waals surface area contributed by atoms with Crippen molar-refractivity contribution in [3.8, 4) is 0 Å². The Bertz CT molecular complexity index is 207. The van der Waals surface area contributed by atoms with Crippen molar-refractivity contribution in [2.45, 2.75) is 13.3 Å². The van der Waals surface area contributed by atoms with E-state index in [1.54, 1.807) is 6.08 Å². The van der Waals surface area contributed by atoms with Gasteiger partial charge in [-0.05, 0) is 6.42 Å². The topological polar surface area (TPSA) is 49.8 Å². The predicted octanol–water partition coefficient (Wildman–Crippen LogP) is 0.697. The second-order valence-corrected chi connectivity index (χ2v) is 2.90. The van der Waals surface area contributed by atoms with Crippen molar-refractivity contribution < 1.29 is 14.6 Å². The summed E-state index contributed by atoms with van der Waals surface area (Å²) in [5.74, 6) is -0.844. The highest BCUT2D eigenvalue weighted by Crippen LogP contribution is 2.08. The third kappa shape index (κ3) is 2.73. The maximum Gasteiger partial charge on any atom is 0.351 e. The van der Waals surface area contributed by atoms with Crippen LogP contribution in [-0.4, -0.2) is 42.3 Å². The van der Waals surface area contributed by atoms with E-state index in [1.165, 1.54) is 0 Å². The number of ether oxygens (including phenoxy) is 1. The Balaban J connectivity index is 2.63. The van der Waals surface area contributed by atoms with Gasteiger partial charge < -0.3 is 14.7 Å². The first kappa shape index (κ1) is 10.1. The lowest BCUT2D eigenvalue weighted by atomic mass is 10.3. The molecule has 0 saturated carbocycles. The Morgan fingerprint density at radius 3 is 2.62 bits per heavy atom. The molecule has 0 amide bonds. The van der Waals surface area contributed by atoms with Crippen LogP contribution in [0, 0.1) is 0 Å². The molecule has 0 spiro atoms. The highest BCUT2D eigenvalue weighted by Gasteiger charge is 2.18. The van der Waals surface area contributed by atoms with Gasteiger partial charge in [-0.15, -0.1) is 0 Å². The molecular formula is C9H15NO3. The van der Waals surface area contributed by atoms with Crippen molar-refractivity contribution in [2.75, 3.05) is 26.3 Å². The molecule has 0 aliphatic carbocycles. The van der Waals surface area contributed by atoms with Gasteiger partial charge in [0.15, 0.2) is 0 Å². The lowest BCUT2D eigenvalue weighted by molar-refractivity contribution is -0.135. The molecule has 4 nitrogen and oxygen atoms in total. The van der Waals surface area contributed by atoms with Crippen LogP contribution < -0.4 is 0 Å². The molecule has 74 valence electrons. The molecule has 0 radical (unpaired) electrons. The van der Waals surface area contributed by atoms with Gasteiger partial charge in [-0.25, -0.2) is 4.79 Å². The van der Waals surface area contributed by atoms with Crippen molar-refractivity contribution in [1.82, 2.24) is 4.90 Å². The minimum Gasteiger partial charge on any atom is -0.477 e. The van der Waals surface area contributed by atoms with Crippen LogP contribution >= 0.6 is 0 Å². The summed E-state index contributed by atoms with van der Waals surface area (Å²) < 4.78 is 5.15. The van der Waals surface area contributed by atoms with E-state index in [2.05, 4.69) is 0 Å². The normalized spacial score (nSPS) is 18.8. The minimum atomic E-state index is -0.844. The first-order chi connectivity index (χ1) is 6.25. The van der Waals surface area contributed by atoms with Crippen molar-refractivity contribution in [2.24, 2.45) is 0 Å². The number of carboxylic acids is 1. The molecule has 1 fully saturated rings. The van der Waals surface area contributed by atoms with Crippen molar-refractivity contribution in [3.05, 3.63) is 11.8 Å². The van der Waals surface area contributed by atoms with Gasteiger partial charge in [-0.2, -0.15) is 0 Å². The number of rotatable bonds is 3. The standard InChI is InChI=1S/C9H15NO3/c1-2-3-8(9(11)12)10-4-6-13-7-5-10/h3H,2,4-7H2,1H3,(H,11,12)/b8-3+. The summed E-state index contributed by atoms with van der Waals surface area (Å²) in [6.45, 7) is 4.53. The lowest BCUT2D eigenvalue weighted by Gasteiger charge is -2.28. The lowest BCUT2D eigenvalue weighted by Crippen LogP contribution is -2.38. The molecule has 1 aliphatic rings. The number of allylic oxidation sites excluding steroid dienone is 1. The van der Waals surface area contributed by atoms with E-state index >= 15 is 0 Å². The molecule has 1 N–H and O–H groups in total. The SMILES string of the molecule is CC/C=C(\C(=O)O)N1CCOCC1. The largest absolute Gasteiger partial charge is 0.477 e. The third-order valence-electron chi connectivity index (χ3n) is 1.97. The van der Waals surface area contributed by atoms with Gasteiger partial charge in [0.25, 0.3) is 0 Å². The van der Waals surface area contributed by atoms with Gasteiger partial charge >= 0.3 is 5.97 Å². The second kappa shape index (κ2) is 4.87. The summed E-state index contributed by atoms with van der Waals surface area (Å²) in [4.78, 5) is 12.7. The number of aliphatic carboxylic acids is 1. The smallest absolute Gasteiger partial charge is 0.351 e. The number of hydrogen-bond acceptors (Lipinski definition) is 3. The summed E-state index contributed by atoms with van der Waals surface area (Å²) in [6.07, 6.45) is 2.49. The third-order valence-corrected chi connectivity index (χ3v) is 1.97. The van der Waals surface area contributed by atoms with Crippen LogP contribution in [0.3, 0.4) is 0 Å². The zero-order valence-corrected chi connectivity index (χ0v) is 7.82. The van der Waals surface area contributed by atoms with Crippen LogP contribution in [0.5, 0.6) is 0 Å². The fourth-order valence-corrected chi connectivity index (χ4v) is 1.35. The summed E-state index contributed by atoms with van der Waals surface area (Å²) in [7, 11) is 0. The Hall–Kier alpha value is -1.03. The molecule has 1 saturated heterocycles. The van der Waals surface area contributed by atoms with Crippen LogP contribution in [0.2, 0.25) is 0 Å². The van der Waals surface area contributed by atoms with Gasteiger partial charge in [0.05, 0.1) is 13.2 Å². The summed E-state index contributed by atoms with van der Waals surface area (Å²) in [5, 5.41) is 8.91. The van der Waals surface area contributed by atoms with Gasteiger partial charge in [0.1, 0.15) is 5.70 Å². The van der Waals surface area contributed by atoms with E-state index in [4.69, 9.17) is 9.84 Å². The molecule has 0 atom stereocenters. The second-order valence-electron chi connectivity index (χ2n) is 2.90. The Morgan fingerprint density at radius 1 is 1.54 bits per heavy atom.